The van der Waals surface area contributed by atoms with Crippen LogP contribution in [0.5, 0.6) is 0 Å². The summed E-state index contributed by atoms with van der Waals surface area (Å²) in [6, 6.07) is 0. The van der Waals surface area contributed by atoms with Gasteiger partial charge < -0.3 is 61.4 Å². The van der Waals surface area contributed by atoms with Crippen LogP contribution in [0.15, 0.2) is 45.7 Å². The molecule has 38 heteroatoms. The van der Waals surface area contributed by atoms with Crippen LogP contribution >= 0.6 is 31.0 Å². The molecule has 0 radical (unpaired) electrons. The number of aliphatic hydroxyl groups excluding tert-OH is 4. The highest BCUT2D eigenvalue weighted by Crippen LogP contribution is 2.65. The molecule has 0 spiro atoms. The van der Waals surface area contributed by atoms with Gasteiger partial charge in [-0.15, -0.1) is 0 Å². The van der Waals surface area contributed by atoms with Crippen molar-refractivity contribution in [3.63, 3.8) is 0 Å². The Morgan fingerprint density at radius 1 is 0.900 bits per heavy atom. The van der Waals surface area contributed by atoms with Gasteiger partial charge in [0.15, 0.2) is 29.4 Å². The third kappa shape index (κ3) is 13.2. The van der Waals surface area contributed by atoms with Crippen molar-refractivity contribution in [1.29, 1.82) is 5.53 Å². The Bertz CT molecular complexity index is 2670. The molecule has 2 aliphatic heterocycles. The smallest absolute Gasteiger partial charge is 0.388 e. The molecule has 14 N–H and O–H groups in total. The van der Waals surface area contributed by atoms with E-state index in [0.717, 1.165) is 50.4 Å². The van der Waals surface area contributed by atoms with Crippen LogP contribution in [0.25, 0.3) is 11.2 Å². The summed E-state index contributed by atoms with van der Waals surface area (Å²) < 4.78 is 107. The number of aromatic nitrogens is 6. The maximum Gasteiger partial charge on any atom is 0.482 e. The first-order valence-corrected chi connectivity index (χ1v) is 26.4. The van der Waals surface area contributed by atoms with Gasteiger partial charge in [-0.25, -0.2) is 33.6 Å². The fraction of sp³-hybridized carbons (Fsp3) is 0.594. The number of hydrogen-bond donors (Lipinski definition) is 12. The Morgan fingerprint density at radius 2 is 1.51 bits per heavy atom. The first-order chi connectivity index (χ1) is 33.1. The molecule has 0 saturated carbocycles. The molecule has 2 fully saturated rings. The van der Waals surface area contributed by atoms with Gasteiger partial charge in [0.1, 0.15) is 42.3 Å². The fourth-order valence-electron chi connectivity index (χ4n) is 6.52. The maximum atomic E-state index is 13.6. The van der Waals surface area contributed by atoms with Gasteiger partial charge >= 0.3 is 31.0 Å². The standard InChI is InChI=1S/C32H54N14O20P4/c1-7-45(25-19(36-2)27(51)42-31(33)40-25)29-23(49)21(47)17(63-29)13-61-69(55,59-5)65-67(53,57-3)11-8-16(44-35)12-37-9-10-39-68(54,58-4)66-70(56,60-6)62-14-18-22(48)24(50)30(64-18)46-15-38-20-26(46)41-32(34)43-28(20)52/h7,12,15,17-18,21-24,29-30,35-37,47-50H,1,8-11,13-14H2,2-6H3,(H,39,54)(H3,33,40,42,51)(H3,34,41,43,52)/b16-12-,44-35?/t17-,18-,21?,22?,23?,24?,29-,30-,67?,68?,69?,70?/m1/s1. The van der Waals surface area contributed by atoms with Crippen LogP contribution in [0.2, 0.25) is 0 Å². The molecule has 0 aromatic carbocycles. The van der Waals surface area contributed by atoms with E-state index in [-0.39, 0.29) is 59.8 Å². The molecule has 0 bridgehead atoms. The molecule has 8 unspecified atom stereocenters. The number of aromatic amines is 2. The molecule has 2 saturated heterocycles. The van der Waals surface area contributed by atoms with E-state index in [9.17, 15) is 48.3 Å². The number of imidazole rings is 1. The summed E-state index contributed by atoms with van der Waals surface area (Å²) in [6.45, 7) is 1.82. The molecule has 34 nitrogen and oxygen atoms in total. The van der Waals surface area contributed by atoms with Crippen molar-refractivity contribution >= 4 is 65.6 Å². The lowest BCUT2D eigenvalue weighted by Gasteiger charge is -2.29. The molecular weight excluding hydrogens is 1020 g/mol. The second kappa shape index (κ2) is 23.9. The number of anilines is 4. The number of rotatable bonds is 28. The number of aliphatic hydroxyl groups is 4. The van der Waals surface area contributed by atoms with E-state index in [1.165, 1.54) is 13.2 Å². The average Bonchev–Trinajstić information content (AvgIpc) is 3.97. The van der Waals surface area contributed by atoms with Crippen LogP contribution in [0, 0.1) is 5.53 Å². The summed E-state index contributed by atoms with van der Waals surface area (Å²) in [5.41, 5.74) is 17.3. The lowest BCUT2D eigenvalue weighted by Crippen LogP contribution is -2.42. The van der Waals surface area contributed by atoms with Crippen LogP contribution < -0.4 is 43.2 Å². The lowest BCUT2D eigenvalue weighted by atomic mass is 10.1. The number of allylic oxidation sites excluding steroid dienone is 1. The third-order valence-electron chi connectivity index (χ3n) is 10.1. The highest BCUT2D eigenvalue weighted by Gasteiger charge is 2.49. The lowest BCUT2D eigenvalue weighted by molar-refractivity contribution is -0.0507. The molecule has 3 aromatic rings. The van der Waals surface area contributed by atoms with Crippen LogP contribution in [0.3, 0.4) is 0 Å². The van der Waals surface area contributed by atoms with Gasteiger partial charge in [0, 0.05) is 67.4 Å². The van der Waals surface area contributed by atoms with E-state index in [0.29, 0.717) is 0 Å². The molecule has 2 aliphatic rings. The minimum Gasteiger partial charge on any atom is -0.388 e. The van der Waals surface area contributed by atoms with Gasteiger partial charge in [-0.2, -0.15) is 19.4 Å². The largest absolute Gasteiger partial charge is 0.482 e. The van der Waals surface area contributed by atoms with Crippen LogP contribution in [0.1, 0.15) is 12.6 Å². The number of hydrogen-bond acceptors (Lipinski definition) is 30. The van der Waals surface area contributed by atoms with Crippen LogP contribution in [-0.4, -0.2) is 161 Å². The third-order valence-corrected chi connectivity index (χ3v) is 17.8. The summed E-state index contributed by atoms with van der Waals surface area (Å²) >= 11 is 0. The van der Waals surface area contributed by atoms with Crippen molar-refractivity contribution < 1.29 is 83.9 Å². The first kappa shape index (κ1) is 56.5. The van der Waals surface area contributed by atoms with Gasteiger partial charge in [0.25, 0.3) is 11.1 Å². The van der Waals surface area contributed by atoms with Crippen molar-refractivity contribution in [1.82, 2.24) is 39.9 Å². The molecule has 392 valence electrons. The van der Waals surface area contributed by atoms with E-state index >= 15 is 0 Å². The number of ether oxygens (including phenoxy) is 2. The number of nitrogens with two attached hydrogens (primary N) is 2. The molecule has 0 amide bonds. The van der Waals surface area contributed by atoms with E-state index in [2.05, 4.69) is 52.3 Å². The second-order valence-electron chi connectivity index (χ2n) is 14.4. The van der Waals surface area contributed by atoms with Gasteiger partial charge in [0.05, 0.1) is 31.4 Å². The normalized spacial score (nSPS) is 26.2. The van der Waals surface area contributed by atoms with E-state index in [4.69, 9.17) is 62.2 Å². The summed E-state index contributed by atoms with van der Waals surface area (Å²) in [5, 5.41) is 54.2. The summed E-state index contributed by atoms with van der Waals surface area (Å²) in [5.74, 6) is -0.643. The van der Waals surface area contributed by atoms with Gasteiger partial charge in [-0.3, -0.25) is 51.3 Å². The van der Waals surface area contributed by atoms with Crippen molar-refractivity contribution in [3.8, 4) is 0 Å². The predicted octanol–water partition coefficient (Wildman–Crippen LogP) is -0.264. The zero-order valence-corrected chi connectivity index (χ0v) is 41.3. The van der Waals surface area contributed by atoms with E-state index < -0.39 is 111 Å². The van der Waals surface area contributed by atoms with Gasteiger partial charge in [-0.1, -0.05) is 6.58 Å². The Balaban J connectivity index is 1.10. The molecule has 5 heterocycles. The zero-order valence-electron chi connectivity index (χ0n) is 37.7. The number of phosphoric ester groups is 2. The number of nitrogens with zero attached hydrogens (tertiary/aromatic N) is 6. The number of phosphoric acid groups is 2. The van der Waals surface area contributed by atoms with Crippen molar-refractivity contribution in [2.45, 2.75) is 55.5 Å². The Hall–Kier alpha value is -4.37. The molecular formula is C32H54N14O20P4. The summed E-state index contributed by atoms with van der Waals surface area (Å²) in [7, 11) is -13.2. The number of H-pyrrole nitrogens is 2. The van der Waals surface area contributed by atoms with Crippen molar-refractivity contribution in [2.75, 3.05) is 89.6 Å². The molecule has 12 atom stereocenters. The number of fused-ring (bicyclic) bond motifs is 1. The Kier molecular flexibility index (Phi) is 19.3. The highest BCUT2D eigenvalue weighted by atomic mass is 31.3. The summed E-state index contributed by atoms with van der Waals surface area (Å²) in [6.07, 6.45) is -9.60. The molecule has 0 aliphatic carbocycles. The molecule has 70 heavy (non-hydrogen) atoms. The molecule has 3 aromatic heterocycles. The number of nitrogen functional groups attached to an aromatic ring is 2. The first-order valence-electron chi connectivity index (χ1n) is 20.2. The van der Waals surface area contributed by atoms with Crippen molar-refractivity contribution in [3.05, 3.63) is 51.7 Å². The van der Waals surface area contributed by atoms with Crippen molar-refractivity contribution in [2.24, 2.45) is 5.11 Å². The number of nitrogens with one attached hydrogen (secondary N) is 6. The van der Waals surface area contributed by atoms with E-state index in [1.807, 2.05) is 0 Å². The fourth-order valence-corrected chi connectivity index (χ4v) is 12.9. The summed E-state index contributed by atoms with van der Waals surface area (Å²) in [4.78, 5) is 42.3. The zero-order chi connectivity index (χ0) is 51.8. The quantitative estimate of drug-likeness (QED) is 0.0253. The van der Waals surface area contributed by atoms with Crippen LogP contribution in [0.4, 0.5) is 23.4 Å². The SMILES string of the molecule is C=CN(c1nc(N)[nH]c(=O)c1NC)[C@@H]1O[C@H](COP(=O)(OC)OP(=O)(CC/C(=C/NCCNP(=O)(OC)OP(=O)(OC)OC[C@H]2O[C@@H](n3cnc4c(=O)[nH]c(N)nc43)C(O)C2O)N=N)OC)C(O)C1O. The molecule has 5 rings (SSSR count). The second-order valence-corrected chi connectivity index (χ2v) is 22.5. The predicted molar refractivity (Wildman–Crippen MR) is 242 cm³/mol. The average molecular weight is 1080 g/mol. The Labute approximate surface area is 396 Å². The van der Waals surface area contributed by atoms with Gasteiger partial charge in [-0.05, 0) is 0 Å². The van der Waals surface area contributed by atoms with Gasteiger partial charge in [0.2, 0.25) is 11.9 Å². The minimum atomic E-state index is -4.78. The maximum absolute atomic E-state index is 13.6. The minimum absolute atomic E-state index is 0.0520. The highest BCUT2D eigenvalue weighted by molar-refractivity contribution is 7.65. The monoisotopic (exact) mass is 1080 g/mol. The topological polar surface area (TPSA) is 478 Å². The van der Waals surface area contributed by atoms with E-state index in [1.54, 1.807) is 0 Å². The van der Waals surface area contributed by atoms with Crippen LogP contribution in [-0.2, 0) is 63.5 Å². The Morgan fingerprint density at radius 3 is 2.11 bits per heavy atom.